The molecule has 2 aromatic rings. The quantitative estimate of drug-likeness (QED) is 0.248. The summed E-state index contributed by atoms with van der Waals surface area (Å²) < 4.78 is 0. The van der Waals surface area contributed by atoms with E-state index in [0.29, 0.717) is 22.9 Å². The van der Waals surface area contributed by atoms with Crippen molar-refractivity contribution in [3.05, 3.63) is 69.7 Å². The van der Waals surface area contributed by atoms with Crippen molar-refractivity contribution in [2.24, 2.45) is 10.2 Å². The average Bonchev–Trinajstić information content (AvgIpc) is 2.79. The zero-order valence-corrected chi connectivity index (χ0v) is 19.8. The van der Waals surface area contributed by atoms with Crippen molar-refractivity contribution in [2.45, 2.75) is 52.4 Å². The highest BCUT2D eigenvalue weighted by molar-refractivity contribution is 6.31. The van der Waals surface area contributed by atoms with Crippen LogP contribution in [0.25, 0.3) is 0 Å². The molecule has 2 aromatic carbocycles. The normalized spacial score (nSPS) is 11.9. The number of rotatable bonds is 11. The topological polar surface area (TPSA) is 82.9 Å². The molecule has 0 fully saturated rings. The van der Waals surface area contributed by atoms with E-state index in [4.69, 9.17) is 23.2 Å². The maximum Gasteiger partial charge on any atom is 0.240 e. The Bertz CT molecular complexity index is 875. The van der Waals surface area contributed by atoms with Crippen molar-refractivity contribution in [3.63, 3.8) is 0 Å². The Kier molecular flexibility index (Phi) is 10.9. The van der Waals surface area contributed by atoms with Gasteiger partial charge in [-0.05, 0) is 62.1 Å². The lowest BCUT2D eigenvalue weighted by Gasteiger charge is -2.04. The molecule has 0 spiro atoms. The van der Waals surface area contributed by atoms with Crippen molar-refractivity contribution in [2.75, 3.05) is 0 Å². The Morgan fingerprint density at radius 2 is 1.00 bits per heavy atom. The fourth-order valence-corrected chi connectivity index (χ4v) is 3.09. The molecule has 0 saturated heterocycles. The molecule has 6 nitrogen and oxygen atoms in total. The van der Waals surface area contributed by atoms with Crippen LogP contribution in [0.4, 0.5) is 0 Å². The molecule has 2 N–H and O–H groups in total. The molecule has 2 rings (SSSR count). The molecular formula is C24H28Cl2N4O2. The van der Waals surface area contributed by atoms with Gasteiger partial charge in [0.1, 0.15) is 0 Å². The van der Waals surface area contributed by atoms with E-state index in [1.807, 2.05) is 38.1 Å². The molecule has 0 saturated carbocycles. The third-order valence-electron chi connectivity index (χ3n) is 4.78. The highest BCUT2D eigenvalue weighted by Crippen LogP contribution is 2.11. The first-order valence-electron chi connectivity index (χ1n) is 10.5. The molecule has 170 valence electrons. The van der Waals surface area contributed by atoms with Crippen LogP contribution in [-0.4, -0.2) is 23.2 Å². The number of nitrogens with one attached hydrogen (secondary N) is 2. The number of benzene rings is 2. The summed E-state index contributed by atoms with van der Waals surface area (Å²) in [4.78, 5) is 23.9. The van der Waals surface area contributed by atoms with Gasteiger partial charge in [0.25, 0.3) is 0 Å². The minimum absolute atomic E-state index is 0.122. The van der Waals surface area contributed by atoms with Crippen LogP contribution >= 0.6 is 23.2 Å². The summed E-state index contributed by atoms with van der Waals surface area (Å²) >= 11 is 11.7. The van der Waals surface area contributed by atoms with Crippen LogP contribution < -0.4 is 10.9 Å². The van der Waals surface area contributed by atoms with Crippen LogP contribution in [0.3, 0.4) is 0 Å². The minimum atomic E-state index is -0.122. The predicted molar refractivity (Wildman–Crippen MR) is 131 cm³/mol. The van der Waals surface area contributed by atoms with Gasteiger partial charge in [-0.3, -0.25) is 9.59 Å². The molecule has 0 radical (unpaired) electrons. The maximum absolute atomic E-state index is 11.9. The van der Waals surface area contributed by atoms with Crippen molar-refractivity contribution in [3.8, 4) is 0 Å². The van der Waals surface area contributed by atoms with Gasteiger partial charge in [-0.2, -0.15) is 10.2 Å². The van der Waals surface area contributed by atoms with Gasteiger partial charge in [-0.15, -0.1) is 0 Å². The number of carbonyl (C=O) groups is 2. The number of hydrazone groups is 2. The highest BCUT2D eigenvalue weighted by Gasteiger charge is 2.04. The van der Waals surface area contributed by atoms with Crippen molar-refractivity contribution in [1.29, 1.82) is 0 Å². The van der Waals surface area contributed by atoms with Crippen LogP contribution in [0.2, 0.25) is 10.0 Å². The molecule has 0 aromatic heterocycles. The molecule has 0 aliphatic rings. The van der Waals surface area contributed by atoms with Crippen LogP contribution in [0.5, 0.6) is 0 Å². The van der Waals surface area contributed by atoms with E-state index in [0.717, 1.165) is 48.2 Å². The lowest BCUT2D eigenvalue weighted by Crippen LogP contribution is -2.19. The number of halogens is 2. The lowest BCUT2D eigenvalue weighted by molar-refractivity contribution is -0.122. The molecule has 0 heterocycles. The standard InChI is InChI=1S/C24H28Cl2N4O2/c1-17(19-9-13-21(25)14-10-19)27-29-23(31)7-5-3-4-6-8-24(32)30-28-18(2)20-11-15-22(26)16-12-20/h9-16H,3-8H2,1-2H3,(H,29,31)(H,30,32)/b27-17+,28-18+. The Balaban J connectivity index is 1.57. The monoisotopic (exact) mass is 474 g/mol. The Morgan fingerprint density at radius 1 is 0.656 bits per heavy atom. The first kappa shape index (κ1) is 25.6. The molecular weight excluding hydrogens is 447 g/mol. The summed E-state index contributed by atoms with van der Waals surface area (Å²) in [6.07, 6.45) is 4.03. The van der Waals surface area contributed by atoms with Gasteiger partial charge < -0.3 is 0 Å². The lowest BCUT2D eigenvalue weighted by atomic mass is 10.1. The Morgan fingerprint density at radius 3 is 1.34 bits per heavy atom. The van der Waals surface area contributed by atoms with Crippen LogP contribution in [0.1, 0.15) is 63.5 Å². The largest absolute Gasteiger partial charge is 0.273 e. The maximum atomic E-state index is 11.9. The van der Waals surface area contributed by atoms with E-state index < -0.39 is 0 Å². The first-order chi connectivity index (χ1) is 15.3. The van der Waals surface area contributed by atoms with Crippen molar-refractivity contribution < 1.29 is 9.59 Å². The summed E-state index contributed by atoms with van der Waals surface area (Å²) in [7, 11) is 0. The van der Waals surface area contributed by atoms with Gasteiger partial charge in [0.15, 0.2) is 0 Å². The number of hydrogen-bond donors (Lipinski definition) is 2. The molecule has 0 bridgehead atoms. The second-order valence-corrected chi connectivity index (χ2v) is 8.27. The fraction of sp³-hybridized carbons (Fsp3) is 0.333. The van der Waals surface area contributed by atoms with Gasteiger partial charge in [-0.1, -0.05) is 60.3 Å². The third-order valence-corrected chi connectivity index (χ3v) is 5.28. The van der Waals surface area contributed by atoms with E-state index in [2.05, 4.69) is 21.1 Å². The van der Waals surface area contributed by atoms with E-state index in [9.17, 15) is 9.59 Å². The summed E-state index contributed by atoms with van der Waals surface area (Å²) in [6, 6.07) is 14.6. The molecule has 0 atom stereocenters. The molecule has 8 heteroatoms. The summed E-state index contributed by atoms with van der Waals surface area (Å²) in [5.74, 6) is -0.244. The number of hydrogen-bond acceptors (Lipinski definition) is 4. The molecule has 0 aliphatic heterocycles. The molecule has 32 heavy (non-hydrogen) atoms. The van der Waals surface area contributed by atoms with Gasteiger partial charge in [-0.25, -0.2) is 10.9 Å². The van der Waals surface area contributed by atoms with E-state index in [1.165, 1.54) is 0 Å². The number of amides is 2. The highest BCUT2D eigenvalue weighted by atomic mass is 35.5. The van der Waals surface area contributed by atoms with E-state index >= 15 is 0 Å². The molecule has 2 amide bonds. The minimum Gasteiger partial charge on any atom is -0.273 e. The molecule has 0 aliphatic carbocycles. The van der Waals surface area contributed by atoms with Crippen LogP contribution in [0.15, 0.2) is 58.7 Å². The Hall–Kier alpha value is -2.70. The van der Waals surface area contributed by atoms with Crippen LogP contribution in [-0.2, 0) is 9.59 Å². The summed E-state index contributed by atoms with van der Waals surface area (Å²) in [6.45, 7) is 3.66. The Labute approximate surface area is 199 Å². The van der Waals surface area contributed by atoms with Gasteiger partial charge >= 0.3 is 0 Å². The van der Waals surface area contributed by atoms with E-state index in [-0.39, 0.29) is 11.8 Å². The molecule has 0 unspecified atom stereocenters. The van der Waals surface area contributed by atoms with Gasteiger partial charge in [0, 0.05) is 22.9 Å². The number of unbranched alkanes of at least 4 members (excludes halogenated alkanes) is 3. The van der Waals surface area contributed by atoms with Crippen molar-refractivity contribution >= 4 is 46.4 Å². The zero-order valence-electron chi connectivity index (χ0n) is 18.3. The third kappa shape index (κ3) is 9.62. The smallest absolute Gasteiger partial charge is 0.240 e. The van der Waals surface area contributed by atoms with Crippen molar-refractivity contribution in [1.82, 2.24) is 10.9 Å². The van der Waals surface area contributed by atoms with Gasteiger partial charge in [0.05, 0.1) is 11.4 Å². The summed E-state index contributed by atoms with van der Waals surface area (Å²) in [5, 5.41) is 9.56. The second kappa shape index (κ2) is 13.7. The van der Waals surface area contributed by atoms with Gasteiger partial charge in [0.2, 0.25) is 11.8 Å². The van der Waals surface area contributed by atoms with E-state index in [1.54, 1.807) is 24.3 Å². The van der Waals surface area contributed by atoms with Crippen LogP contribution in [0, 0.1) is 0 Å². The SMILES string of the molecule is C/C(=N\NC(=O)CCCCCCC(=O)N/N=C(\C)c1ccc(Cl)cc1)c1ccc(Cl)cc1. The fourth-order valence-electron chi connectivity index (χ4n) is 2.84. The average molecular weight is 475 g/mol. The number of nitrogens with zero attached hydrogens (tertiary/aromatic N) is 2. The zero-order chi connectivity index (χ0) is 23.3. The number of carbonyl (C=O) groups excluding carboxylic acids is 2. The second-order valence-electron chi connectivity index (χ2n) is 7.39. The predicted octanol–water partition coefficient (Wildman–Crippen LogP) is 5.71. The first-order valence-corrected chi connectivity index (χ1v) is 11.3. The summed E-state index contributed by atoms with van der Waals surface area (Å²) in [5.41, 5.74) is 8.40.